The van der Waals surface area contributed by atoms with Crippen molar-refractivity contribution in [2.24, 2.45) is 4.99 Å². The molecule has 28 heavy (non-hydrogen) atoms. The number of rotatable bonds is 5. The molecule has 2 heterocycles. The lowest BCUT2D eigenvalue weighted by atomic mass is 10.2. The van der Waals surface area contributed by atoms with Gasteiger partial charge in [-0.3, -0.25) is 4.90 Å². The molecule has 2 aliphatic rings. The number of para-hydroxylation sites is 1. The Labute approximate surface area is 175 Å². The molecule has 0 bridgehead atoms. The molecular formula is C21H26ClN3O2S. The second-order valence-electron chi connectivity index (χ2n) is 6.40. The summed E-state index contributed by atoms with van der Waals surface area (Å²) in [6.07, 6.45) is 0. The Kier molecular flexibility index (Phi) is 8.79. The highest BCUT2D eigenvalue weighted by atomic mass is 35.5. The van der Waals surface area contributed by atoms with E-state index < -0.39 is 0 Å². The van der Waals surface area contributed by atoms with Gasteiger partial charge in [0, 0.05) is 48.1 Å². The van der Waals surface area contributed by atoms with E-state index in [1.165, 1.54) is 0 Å². The molecule has 0 amide bonds. The van der Waals surface area contributed by atoms with Crippen LogP contribution < -0.4 is 5.32 Å². The minimum atomic E-state index is 0.127. The monoisotopic (exact) mass is 419 g/mol. The van der Waals surface area contributed by atoms with E-state index in [1.807, 2.05) is 36.4 Å². The first kappa shape index (κ1) is 21.3. The van der Waals surface area contributed by atoms with Crippen molar-refractivity contribution in [1.29, 1.82) is 0 Å². The molecule has 0 saturated carbocycles. The van der Waals surface area contributed by atoms with Crippen molar-refractivity contribution in [2.75, 3.05) is 52.5 Å². The van der Waals surface area contributed by atoms with Gasteiger partial charge in [-0.15, -0.1) is 0 Å². The molecule has 5 nitrogen and oxygen atoms in total. The number of piperazine rings is 1. The van der Waals surface area contributed by atoms with Gasteiger partial charge in [-0.25, -0.2) is 4.99 Å². The molecule has 0 spiro atoms. The van der Waals surface area contributed by atoms with Gasteiger partial charge in [0.1, 0.15) is 5.17 Å². The lowest BCUT2D eigenvalue weighted by molar-refractivity contribution is 0.0710. The van der Waals surface area contributed by atoms with Crippen molar-refractivity contribution in [1.82, 2.24) is 10.2 Å². The summed E-state index contributed by atoms with van der Waals surface area (Å²) in [7, 11) is 0. The van der Waals surface area contributed by atoms with E-state index in [4.69, 9.17) is 21.4 Å². The number of hydrogen-bond acceptors (Lipinski definition) is 6. The van der Waals surface area contributed by atoms with Crippen LogP contribution in [0.1, 0.15) is 5.56 Å². The second kappa shape index (κ2) is 11.6. The normalized spacial score (nSPS) is 16.1. The van der Waals surface area contributed by atoms with Crippen LogP contribution in [0.5, 0.6) is 0 Å². The van der Waals surface area contributed by atoms with Crippen LogP contribution in [-0.4, -0.2) is 67.7 Å². The van der Waals surface area contributed by atoms with E-state index in [0.717, 1.165) is 60.4 Å². The highest BCUT2D eigenvalue weighted by Crippen LogP contribution is 2.40. The standard InChI is InChI=1S/C13H8ClNS.C8H18N2O2/c14-13-9-5-1-3-7-11(9)16-12-8-4-2-6-10(12)15-13;11-6-8-12-7-5-10-3-1-9-2-4-10/h1-8H;9,11H,1-8H2. The van der Waals surface area contributed by atoms with Crippen molar-refractivity contribution in [3.63, 3.8) is 0 Å². The predicted molar refractivity (Wildman–Crippen MR) is 116 cm³/mol. The van der Waals surface area contributed by atoms with Gasteiger partial charge in [-0.2, -0.15) is 0 Å². The maximum atomic E-state index is 8.45. The van der Waals surface area contributed by atoms with Crippen LogP contribution in [0, 0.1) is 0 Å². The molecule has 1 fully saturated rings. The summed E-state index contributed by atoms with van der Waals surface area (Å²) in [4.78, 5) is 9.11. The van der Waals surface area contributed by atoms with Crippen LogP contribution in [0.25, 0.3) is 0 Å². The van der Waals surface area contributed by atoms with Gasteiger partial charge >= 0.3 is 0 Å². The molecule has 2 aromatic rings. The third-order valence-electron chi connectivity index (χ3n) is 4.41. The number of benzene rings is 2. The summed E-state index contributed by atoms with van der Waals surface area (Å²) >= 11 is 7.92. The highest BCUT2D eigenvalue weighted by Gasteiger charge is 2.14. The number of aliphatic hydroxyl groups is 1. The third-order valence-corrected chi connectivity index (χ3v) is 5.84. The molecule has 7 heteroatoms. The summed E-state index contributed by atoms with van der Waals surface area (Å²) in [6, 6.07) is 16.1. The van der Waals surface area contributed by atoms with E-state index in [9.17, 15) is 0 Å². The van der Waals surface area contributed by atoms with Crippen molar-refractivity contribution in [2.45, 2.75) is 9.79 Å². The maximum absolute atomic E-state index is 8.45. The number of fused-ring (bicyclic) bond motifs is 2. The summed E-state index contributed by atoms with van der Waals surface area (Å²) < 4.78 is 5.17. The summed E-state index contributed by atoms with van der Waals surface area (Å²) in [5.74, 6) is 0. The molecule has 0 aliphatic carbocycles. The number of aliphatic imine (C=N–C) groups is 1. The van der Waals surface area contributed by atoms with Crippen LogP contribution in [0.15, 0.2) is 63.3 Å². The van der Waals surface area contributed by atoms with Gasteiger partial charge in [-0.1, -0.05) is 53.7 Å². The first-order chi connectivity index (χ1) is 13.8. The highest BCUT2D eigenvalue weighted by molar-refractivity contribution is 7.99. The second-order valence-corrected chi connectivity index (χ2v) is 7.84. The number of aliphatic hydroxyl groups excluding tert-OH is 1. The summed E-state index contributed by atoms with van der Waals surface area (Å²) in [5, 5.41) is 12.3. The van der Waals surface area contributed by atoms with Crippen LogP contribution in [0.3, 0.4) is 0 Å². The topological polar surface area (TPSA) is 57.1 Å². The number of ether oxygens (including phenoxy) is 1. The van der Waals surface area contributed by atoms with Gasteiger partial charge in [-0.05, 0) is 18.2 Å². The number of nitrogens with one attached hydrogen (secondary N) is 1. The van der Waals surface area contributed by atoms with Gasteiger partial charge in [0.05, 0.1) is 25.5 Å². The lowest BCUT2D eigenvalue weighted by Gasteiger charge is -2.26. The molecule has 0 unspecified atom stereocenters. The van der Waals surface area contributed by atoms with E-state index >= 15 is 0 Å². The molecule has 2 aliphatic heterocycles. The van der Waals surface area contributed by atoms with Crippen molar-refractivity contribution < 1.29 is 9.84 Å². The smallest absolute Gasteiger partial charge is 0.138 e. The molecule has 0 radical (unpaired) electrons. The average molecular weight is 420 g/mol. The van der Waals surface area contributed by atoms with E-state index in [2.05, 4.69) is 27.3 Å². The Bertz CT molecular complexity index is 782. The SMILES string of the molecule is ClC1=Nc2ccccc2Sc2ccccc21.OCCOCCN1CCNCC1. The predicted octanol–water partition coefficient (Wildman–Crippen LogP) is 3.37. The quantitative estimate of drug-likeness (QED) is 0.728. The molecule has 0 atom stereocenters. The van der Waals surface area contributed by atoms with Gasteiger partial charge < -0.3 is 15.2 Å². The first-order valence-corrected chi connectivity index (χ1v) is 10.7. The van der Waals surface area contributed by atoms with Crippen LogP contribution >= 0.6 is 23.4 Å². The Morgan fingerprint density at radius 2 is 1.75 bits per heavy atom. The first-order valence-electron chi connectivity index (χ1n) is 9.50. The minimum absolute atomic E-state index is 0.127. The molecule has 2 N–H and O–H groups in total. The van der Waals surface area contributed by atoms with Crippen molar-refractivity contribution in [3.05, 3.63) is 54.1 Å². The van der Waals surface area contributed by atoms with E-state index in [-0.39, 0.29) is 6.61 Å². The minimum Gasteiger partial charge on any atom is -0.394 e. The van der Waals surface area contributed by atoms with Crippen LogP contribution in [0.2, 0.25) is 0 Å². The molecular weight excluding hydrogens is 394 g/mol. The Hall–Kier alpha value is -1.41. The van der Waals surface area contributed by atoms with Gasteiger partial charge in [0.2, 0.25) is 0 Å². The zero-order chi connectivity index (χ0) is 19.6. The molecule has 1 saturated heterocycles. The Morgan fingerprint density at radius 3 is 2.54 bits per heavy atom. The third kappa shape index (κ3) is 6.30. The molecule has 4 rings (SSSR count). The Morgan fingerprint density at radius 1 is 1.04 bits per heavy atom. The fraction of sp³-hybridized carbons (Fsp3) is 0.381. The van der Waals surface area contributed by atoms with Crippen molar-refractivity contribution >= 4 is 34.2 Å². The maximum Gasteiger partial charge on any atom is 0.138 e. The number of hydrogen-bond donors (Lipinski definition) is 2. The fourth-order valence-electron chi connectivity index (χ4n) is 2.94. The molecule has 2 aromatic carbocycles. The van der Waals surface area contributed by atoms with E-state index in [0.29, 0.717) is 11.8 Å². The van der Waals surface area contributed by atoms with Crippen LogP contribution in [0.4, 0.5) is 5.69 Å². The lowest BCUT2D eigenvalue weighted by Crippen LogP contribution is -2.44. The Balaban J connectivity index is 0.000000169. The van der Waals surface area contributed by atoms with E-state index in [1.54, 1.807) is 11.8 Å². The summed E-state index contributed by atoms with van der Waals surface area (Å²) in [6.45, 7) is 6.71. The molecule has 150 valence electrons. The van der Waals surface area contributed by atoms with Crippen molar-refractivity contribution in [3.8, 4) is 0 Å². The van der Waals surface area contributed by atoms with Gasteiger partial charge in [0.25, 0.3) is 0 Å². The van der Waals surface area contributed by atoms with Gasteiger partial charge in [0.15, 0.2) is 0 Å². The van der Waals surface area contributed by atoms with Crippen LogP contribution in [-0.2, 0) is 4.74 Å². The zero-order valence-corrected chi connectivity index (χ0v) is 17.4. The average Bonchev–Trinajstić information content (AvgIpc) is 2.88. The zero-order valence-electron chi connectivity index (χ0n) is 15.8. The summed E-state index contributed by atoms with van der Waals surface area (Å²) in [5.41, 5.74) is 1.94. The largest absolute Gasteiger partial charge is 0.394 e. The number of nitrogens with zero attached hydrogens (tertiary/aromatic N) is 2. The fourth-order valence-corrected chi connectivity index (χ4v) is 4.28. The molecule has 0 aromatic heterocycles. The number of halogens is 1.